The van der Waals surface area contributed by atoms with Crippen LogP contribution in [0.3, 0.4) is 0 Å². The van der Waals surface area contributed by atoms with Crippen LogP contribution in [0.15, 0.2) is 24.3 Å². The molecule has 0 aliphatic heterocycles. The molecule has 3 heteroatoms. The highest BCUT2D eigenvalue weighted by Gasteiger charge is 2.13. The summed E-state index contributed by atoms with van der Waals surface area (Å²) in [7, 11) is 0. The van der Waals surface area contributed by atoms with Gasteiger partial charge in [0.25, 0.3) is 0 Å². The van der Waals surface area contributed by atoms with Crippen molar-refractivity contribution >= 4 is 0 Å². The number of hydrogen-bond acceptors (Lipinski definition) is 2. The molecule has 2 nitrogen and oxygen atoms in total. The number of hydrogen-bond donors (Lipinski definition) is 0. The van der Waals surface area contributed by atoms with Crippen LogP contribution in [-0.4, -0.2) is 13.2 Å². The van der Waals surface area contributed by atoms with Crippen molar-refractivity contribution in [3.63, 3.8) is 0 Å². The van der Waals surface area contributed by atoms with Crippen molar-refractivity contribution in [3.05, 3.63) is 35.7 Å². The molecule has 1 aromatic rings. The molecule has 0 aliphatic rings. The van der Waals surface area contributed by atoms with Gasteiger partial charge in [0.1, 0.15) is 5.82 Å². The molecule has 0 bridgehead atoms. The third-order valence-electron chi connectivity index (χ3n) is 2.95. The minimum Gasteiger partial charge on any atom is -0.490 e. The highest BCUT2D eigenvalue weighted by Crippen LogP contribution is 2.31. The van der Waals surface area contributed by atoms with E-state index in [2.05, 4.69) is 26.0 Å². The summed E-state index contributed by atoms with van der Waals surface area (Å²) in [6, 6.07) is 3.19. The molecule has 0 spiro atoms. The Morgan fingerprint density at radius 1 is 1.10 bits per heavy atom. The molecule has 0 radical (unpaired) electrons. The Bertz CT molecular complexity index is 441. The van der Waals surface area contributed by atoms with Crippen LogP contribution < -0.4 is 9.47 Å². The molecule has 20 heavy (non-hydrogen) atoms. The summed E-state index contributed by atoms with van der Waals surface area (Å²) in [6.07, 6.45) is 5.89. The molecule has 0 heterocycles. The van der Waals surface area contributed by atoms with Crippen LogP contribution in [0.4, 0.5) is 4.39 Å². The van der Waals surface area contributed by atoms with Crippen molar-refractivity contribution in [1.29, 1.82) is 0 Å². The number of benzene rings is 1. The zero-order valence-corrected chi connectivity index (χ0v) is 12.9. The number of rotatable bonds is 8. The van der Waals surface area contributed by atoms with E-state index in [0.717, 1.165) is 6.42 Å². The molecule has 1 atom stereocenters. The first-order chi connectivity index (χ1) is 9.62. The Labute approximate surface area is 121 Å². The van der Waals surface area contributed by atoms with Gasteiger partial charge < -0.3 is 9.47 Å². The molecule has 1 aromatic carbocycles. The zero-order chi connectivity index (χ0) is 15.0. The summed E-state index contributed by atoms with van der Waals surface area (Å²) in [4.78, 5) is 0. The van der Waals surface area contributed by atoms with Gasteiger partial charge in [-0.15, -0.1) is 0 Å². The van der Waals surface area contributed by atoms with E-state index in [1.807, 2.05) is 13.8 Å². The summed E-state index contributed by atoms with van der Waals surface area (Å²) >= 11 is 0. The van der Waals surface area contributed by atoms with Crippen molar-refractivity contribution in [1.82, 2.24) is 0 Å². The molecule has 112 valence electrons. The summed E-state index contributed by atoms with van der Waals surface area (Å²) in [5.74, 6) is 1.18. The fourth-order valence-electron chi connectivity index (χ4n) is 2.05. The molecule has 1 unspecified atom stereocenters. The lowest BCUT2D eigenvalue weighted by Crippen LogP contribution is -2.04. The van der Waals surface area contributed by atoms with Crippen molar-refractivity contribution < 1.29 is 13.9 Å². The van der Waals surface area contributed by atoms with Crippen LogP contribution in [0, 0.1) is 11.7 Å². The Hall–Kier alpha value is -1.51. The zero-order valence-electron chi connectivity index (χ0n) is 12.9. The first kappa shape index (κ1) is 16.5. The van der Waals surface area contributed by atoms with Crippen LogP contribution in [0.2, 0.25) is 0 Å². The second kappa shape index (κ2) is 8.62. The Balaban J connectivity index is 2.96. The van der Waals surface area contributed by atoms with Gasteiger partial charge in [0, 0.05) is 6.07 Å². The van der Waals surface area contributed by atoms with Gasteiger partial charge in [-0.1, -0.05) is 26.0 Å². The van der Waals surface area contributed by atoms with Crippen molar-refractivity contribution in [2.24, 2.45) is 5.92 Å². The van der Waals surface area contributed by atoms with Gasteiger partial charge >= 0.3 is 0 Å². The minimum absolute atomic E-state index is 0.228. The lowest BCUT2D eigenvalue weighted by Gasteiger charge is -2.14. The fraction of sp³-hybridized carbons (Fsp3) is 0.529. The number of allylic oxidation sites excluding steroid dienone is 2. The molecule has 0 aliphatic carbocycles. The van der Waals surface area contributed by atoms with E-state index in [-0.39, 0.29) is 5.82 Å². The maximum absolute atomic E-state index is 14.1. The molecule has 0 aromatic heterocycles. The third kappa shape index (κ3) is 4.87. The molecular weight excluding hydrogens is 255 g/mol. The topological polar surface area (TPSA) is 18.5 Å². The van der Waals surface area contributed by atoms with Gasteiger partial charge in [-0.2, -0.15) is 0 Å². The largest absolute Gasteiger partial charge is 0.490 e. The van der Waals surface area contributed by atoms with Crippen LogP contribution in [0.5, 0.6) is 11.5 Å². The second-order valence-corrected chi connectivity index (χ2v) is 4.77. The summed E-state index contributed by atoms with van der Waals surface area (Å²) in [5, 5.41) is 0. The fourth-order valence-corrected chi connectivity index (χ4v) is 2.05. The van der Waals surface area contributed by atoms with E-state index in [0.29, 0.717) is 42.6 Å². The first-order valence-electron chi connectivity index (χ1n) is 7.36. The number of halogens is 1. The van der Waals surface area contributed by atoms with E-state index in [4.69, 9.17) is 9.47 Å². The molecule has 0 N–H and O–H groups in total. The highest BCUT2D eigenvalue weighted by atomic mass is 19.1. The Morgan fingerprint density at radius 2 is 1.70 bits per heavy atom. The summed E-state index contributed by atoms with van der Waals surface area (Å²) < 4.78 is 25.1. The average molecular weight is 280 g/mol. The monoisotopic (exact) mass is 280 g/mol. The van der Waals surface area contributed by atoms with Crippen LogP contribution in [0.1, 0.15) is 39.7 Å². The first-order valence-corrected chi connectivity index (χ1v) is 7.36. The average Bonchev–Trinajstić information content (AvgIpc) is 2.42. The predicted octanol–water partition coefficient (Wildman–Crippen LogP) is 4.77. The molecule has 0 amide bonds. The van der Waals surface area contributed by atoms with Crippen molar-refractivity contribution in [2.75, 3.05) is 13.2 Å². The molecule has 0 saturated carbocycles. The minimum atomic E-state index is -0.228. The Kier molecular flexibility index (Phi) is 7.13. The maximum atomic E-state index is 14.1. The van der Waals surface area contributed by atoms with E-state index >= 15 is 0 Å². The van der Waals surface area contributed by atoms with Gasteiger partial charge in [0.2, 0.25) is 0 Å². The standard InChI is InChI=1S/C17H25FO2/c1-5-8-9-13(4)10-14-11-16(19-6-2)17(20-7-3)12-15(14)18/h8-9,11-13H,5-7,10H2,1-4H3/b9-8-. The molecule has 0 fully saturated rings. The van der Waals surface area contributed by atoms with Crippen LogP contribution in [0.25, 0.3) is 0 Å². The van der Waals surface area contributed by atoms with E-state index in [1.54, 1.807) is 6.07 Å². The molecule has 1 rings (SSSR count). The second-order valence-electron chi connectivity index (χ2n) is 4.77. The van der Waals surface area contributed by atoms with Crippen molar-refractivity contribution in [3.8, 4) is 11.5 Å². The van der Waals surface area contributed by atoms with Gasteiger partial charge in [-0.05, 0) is 44.2 Å². The predicted molar refractivity (Wildman–Crippen MR) is 81.0 cm³/mol. The van der Waals surface area contributed by atoms with Crippen LogP contribution in [-0.2, 0) is 6.42 Å². The summed E-state index contributed by atoms with van der Waals surface area (Å²) in [5.41, 5.74) is 0.671. The van der Waals surface area contributed by atoms with Crippen LogP contribution >= 0.6 is 0 Å². The van der Waals surface area contributed by atoms with Gasteiger partial charge in [-0.3, -0.25) is 0 Å². The number of ether oxygens (including phenoxy) is 2. The SMILES string of the molecule is CC/C=C\C(C)Cc1cc(OCC)c(OCC)cc1F. The van der Waals surface area contributed by atoms with Gasteiger partial charge in [0.15, 0.2) is 11.5 Å². The lowest BCUT2D eigenvalue weighted by atomic mass is 9.99. The third-order valence-corrected chi connectivity index (χ3v) is 2.95. The van der Waals surface area contributed by atoms with Gasteiger partial charge in [0.05, 0.1) is 13.2 Å². The Morgan fingerprint density at radius 3 is 2.25 bits per heavy atom. The summed E-state index contributed by atoms with van der Waals surface area (Å²) in [6.45, 7) is 8.99. The van der Waals surface area contributed by atoms with Gasteiger partial charge in [-0.25, -0.2) is 4.39 Å². The highest BCUT2D eigenvalue weighted by molar-refractivity contribution is 5.44. The smallest absolute Gasteiger partial charge is 0.164 e. The lowest BCUT2D eigenvalue weighted by molar-refractivity contribution is 0.285. The van der Waals surface area contributed by atoms with Crippen molar-refractivity contribution in [2.45, 2.75) is 40.5 Å². The van der Waals surface area contributed by atoms with E-state index in [9.17, 15) is 4.39 Å². The normalized spacial score (nSPS) is 12.7. The molecule has 0 saturated heterocycles. The maximum Gasteiger partial charge on any atom is 0.164 e. The quantitative estimate of drug-likeness (QED) is 0.639. The molecular formula is C17H25FO2. The van der Waals surface area contributed by atoms with E-state index in [1.165, 1.54) is 6.07 Å². The van der Waals surface area contributed by atoms with E-state index < -0.39 is 0 Å².